The van der Waals surface area contributed by atoms with Crippen LogP contribution in [0.1, 0.15) is 44.2 Å². The number of likely N-dealkylation sites (N-methyl/N-ethyl adjacent to an activating group) is 1. The van der Waals surface area contributed by atoms with E-state index in [1.807, 2.05) is 38.1 Å². The van der Waals surface area contributed by atoms with Crippen LogP contribution in [0.25, 0.3) is 0 Å². The summed E-state index contributed by atoms with van der Waals surface area (Å²) < 4.78 is 5.67. The van der Waals surface area contributed by atoms with Gasteiger partial charge in [-0.15, -0.1) is 0 Å². The van der Waals surface area contributed by atoms with Gasteiger partial charge in [-0.3, -0.25) is 14.4 Å². The summed E-state index contributed by atoms with van der Waals surface area (Å²) in [6.45, 7) is 7.85. The van der Waals surface area contributed by atoms with Gasteiger partial charge in [-0.25, -0.2) is 0 Å². The third kappa shape index (κ3) is 5.28. The summed E-state index contributed by atoms with van der Waals surface area (Å²) in [4.78, 5) is 40.8. The van der Waals surface area contributed by atoms with Crippen molar-refractivity contribution in [3.8, 4) is 5.75 Å². The van der Waals surface area contributed by atoms with Crippen molar-refractivity contribution in [3.63, 3.8) is 0 Å². The second-order valence-electron chi connectivity index (χ2n) is 8.59. The molecule has 1 N–H and O–H groups in total. The fraction of sp³-hybridized carbons (Fsp3) is 0.400. The first-order valence-corrected chi connectivity index (χ1v) is 10.9. The van der Waals surface area contributed by atoms with E-state index >= 15 is 0 Å². The molecule has 0 fully saturated rings. The molecule has 7 nitrogen and oxygen atoms in total. The number of ether oxygens (including phenoxy) is 1. The van der Waals surface area contributed by atoms with E-state index in [0.717, 1.165) is 5.56 Å². The average molecular weight is 438 g/mol. The van der Waals surface area contributed by atoms with Crippen molar-refractivity contribution in [2.24, 2.45) is 0 Å². The van der Waals surface area contributed by atoms with E-state index in [2.05, 4.69) is 19.2 Å². The molecule has 3 rings (SSSR count). The largest absolute Gasteiger partial charge is 0.484 e. The zero-order chi connectivity index (χ0) is 23.4. The Morgan fingerprint density at radius 2 is 1.94 bits per heavy atom. The second kappa shape index (κ2) is 9.85. The fourth-order valence-corrected chi connectivity index (χ4v) is 3.98. The van der Waals surface area contributed by atoms with Crippen LogP contribution in [0.2, 0.25) is 0 Å². The summed E-state index contributed by atoms with van der Waals surface area (Å²) in [5, 5.41) is 2.83. The molecule has 0 saturated carbocycles. The van der Waals surface area contributed by atoms with Gasteiger partial charge >= 0.3 is 0 Å². The summed E-state index contributed by atoms with van der Waals surface area (Å²) in [6, 6.07) is 12.7. The van der Waals surface area contributed by atoms with Crippen molar-refractivity contribution in [2.45, 2.75) is 46.1 Å². The molecule has 0 bridgehead atoms. The molecular formula is C25H31N3O4. The van der Waals surface area contributed by atoms with Gasteiger partial charge in [0.15, 0.2) is 6.61 Å². The molecule has 0 radical (unpaired) electrons. The summed E-state index contributed by atoms with van der Waals surface area (Å²) in [5.74, 6) is 0.347. The van der Waals surface area contributed by atoms with Gasteiger partial charge in [0.2, 0.25) is 11.8 Å². The van der Waals surface area contributed by atoms with E-state index in [4.69, 9.17) is 4.74 Å². The van der Waals surface area contributed by atoms with Crippen molar-refractivity contribution in [2.75, 3.05) is 30.4 Å². The van der Waals surface area contributed by atoms with E-state index in [1.165, 1.54) is 10.5 Å². The highest BCUT2D eigenvalue weighted by atomic mass is 16.5. The fourth-order valence-electron chi connectivity index (χ4n) is 3.98. The number of carbonyl (C=O) groups excluding carboxylic acids is 3. The van der Waals surface area contributed by atoms with Crippen molar-refractivity contribution >= 4 is 29.1 Å². The first kappa shape index (κ1) is 23.3. The van der Waals surface area contributed by atoms with Gasteiger partial charge < -0.3 is 19.9 Å². The zero-order valence-corrected chi connectivity index (χ0v) is 19.3. The Morgan fingerprint density at radius 1 is 1.22 bits per heavy atom. The minimum atomic E-state index is -0.326. The third-order valence-electron chi connectivity index (χ3n) is 5.65. The lowest BCUT2D eigenvalue weighted by atomic mass is 9.98. The van der Waals surface area contributed by atoms with Crippen molar-refractivity contribution in [1.82, 2.24) is 4.90 Å². The number of rotatable bonds is 6. The first-order valence-electron chi connectivity index (χ1n) is 10.9. The topological polar surface area (TPSA) is 79.0 Å². The lowest BCUT2D eigenvalue weighted by Gasteiger charge is -2.29. The number of anilines is 2. The summed E-state index contributed by atoms with van der Waals surface area (Å²) in [6.07, 6.45) is 0.187. The average Bonchev–Trinajstić information content (AvgIpc) is 2.85. The van der Waals surface area contributed by atoms with Crippen LogP contribution in [0, 0.1) is 6.92 Å². The van der Waals surface area contributed by atoms with E-state index < -0.39 is 0 Å². The van der Waals surface area contributed by atoms with Gasteiger partial charge in [0.05, 0.1) is 17.9 Å². The number of aryl methyl sites for hydroxylation is 1. The van der Waals surface area contributed by atoms with Crippen molar-refractivity contribution in [1.29, 1.82) is 0 Å². The molecule has 3 amide bonds. The molecular weight excluding hydrogens is 406 g/mol. The van der Waals surface area contributed by atoms with Crippen molar-refractivity contribution in [3.05, 3.63) is 53.6 Å². The summed E-state index contributed by atoms with van der Waals surface area (Å²) in [5.41, 5.74) is 3.58. The molecule has 0 aromatic heterocycles. The van der Waals surface area contributed by atoms with Gasteiger partial charge in [-0.2, -0.15) is 0 Å². The molecule has 2 aromatic rings. The van der Waals surface area contributed by atoms with Crippen LogP contribution >= 0.6 is 0 Å². The van der Waals surface area contributed by atoms with E-state index in [0.29, 0.717) is 23.0 Å². The Bertz CT molecular complexity index is 1020. The molecule has 1 aliphatic rings. The Morgan fingerprint density at radius 3 is 2.62 bits per heavy atom. The number of nitrogens with one attached hydrogen (secondary N) is 1. The van der Waals surface area contributed by atoms with Crippen LogP contribution in [0.5, 0.6) is 5.75 Å². The number of amides is 3. The Hall–Kier alpha value is -3.35. The standard InChI is InChI=1S/C25H31N3O4/c1-16(2)20-11-10-19(12-17(20)3)32-15-25(31)27(5)14-24(30)28-18(4)13-23(29)26-21-8-6-7-9-22(21)28/h6-12,16,18H,13-15H2,1-5H3,(H,26,29). The van der Waals surface area contributed by atoms with Gasteiger partial charge in [0.25, 0.3) is 5.91 Å². The predicted molar refractivity (Wildman–Crippen MR) is 125 cm³/mol. The molecule has 1 unspecified atom stereocenters. The van der Waals surface area contributed by atoms with Crippen LogP contribution in [0.3, 0.4) is 0 Å². The monoisotopic (exact) mass is 437 g/mol. The summed E-state index contributed by atoms with van der Waals surface area (Å²) in [7, 11) is 1.58. The molecule has 0 aliphatic carbocycles. The maximum absolute atomic E-state index is 13.1. The molecule has 7 heteroatoms. The molecule has 2 aromatic carbocycles. The lowest BCUT2D eigenvalue weighted by molar-refractivity contribution is -0.135. The predicted octanol–water partition coefficient (Wildman–Crippen LogP) is 3.72. The van der Waals surface area contributed by atoms with Crippen LogP contribution < -0.4 is 15.0 Å². The Balaban J connectivity index is 1.64. The van der Waals surface area contributed by atoms with Crippen LogP contribution in [-0.4, -0.2) is 48.9 Å². The molecule has 1 atom stereocenters. The van der Waals surface area contributed by atoms with E-state index in [-0.39, 0.29) is 43.3 Å². The third-order valence-corrected chi connectivity index (χ3v) is 5.65. The van der Waals surface area contributed by atoms with Crippen molar-refractivity contribution < 1.29 is 19.1 Å². The minimum Gasteiger partial charge on any atom is -0.484 e. The number of hydrogen-bond acceptors (Lipinski definition) is 4. The molecule has 0 spiro atoms. The van der Waals surface area contributed by atoms with Crippen LogP contribution in [0.4, 0.5) is 11.4 Å². The number of carbonyl (C=O) groups is 3. The van der Waals surface area contributed by atoms with Crippen LogP contribution in [0.15, 0.2) is 42.5 Å². The quantitative estimate of drug-likeness (QED) is 0.747. The van der Waals surface area contributed by atoms with Gasteiger partial charge in [0.1, 0.15) is 5.75 Å². The zero-order valence-electron chi connectivity index (χ0n) is 19.3. The van der Waals surface area contributed by atoms with Gasteiger partial charge in [-0.1, -0.05) is 32.0 Å². The maximum Gasteiger partial charge on any atom is 0.260 e. The summed E-state index contributed by atoms with van der Waals surface area (Å²) >= 11 is 0. The first-order chi connectivity index (χ1) is 15.2. The highest BCUT2D eigenvalue weighted by molar-refractivity contribution is 6.05. The number of fused-ring (bicyclic) bond motifs is 1. The SMILES string of the molecule is Cc1cc(OCC(=O)N(C)CC(=O)N2c3ccccc3NC(=O)CC2C)ccc1C(C)C. The normalized spacial score (nSPS) is 15.6. The number of benzene rings is 2. The highest BCUT2D eigenvalue weighted by Gasteiger charge is 2.30. The van der Waals surface area contributed by atoms with E-state index in [9.17, 15) is 14.4 Å². The maximum atomic E-state index is 13.1. The lowest BCUT2D eigenvalue weighted by Crippen LogP contribution is -2.46. The van der Waals surface area contributed by atoms with Crippen LogP contribution in [-0.2, 0) is 14.4 Å². The highest BCUT2D eigenvalue weighted by Crippen LogP contribution is 2.31. The molecule has 170 valence electrons. The smallest absolute Gasteiger partial charge is 0.260 e. The molecule has 32 heavy (non-hydrogen) atoms. The Kier molecular flexibility index (Phi) is 7.18. The number of para-hydroxylation sites is 2. The molecule has 0 saturated heterocycles. The Labute approximate surface area is 189 Å². The number of hydrogen-bond donors (Lipinski definition) is 1. The van der Waals surface area contributed by atoms with E-state index in [1.54, 1.807) is 30.1 Å². The number of nitrogens with zero attached hydrogens (tertiary/aromatic N) is 2. The molecule has 1 aliphatic heterocycles. The molecule has 1 heterocycles. The van der Waals surface area contributed by atoms with Gasteiger partial charge in [0, 0.05) is 19.5 Å². The second-order valence-corrected chi connectivity index (χ2v) is 8.59. The van der Waals surface area contributed by atoms with Gasteiger partial charge in [-0.05, 0) is 55.2 Å². The minimum absolute atomic E-state index is 0.111.